The first-order valence-corrected chi connectivity index (χ1v) is 8.24. The topological polar surface area (TPSA) is 112 Å². The van der Waals surface area contributed by atoms with Gasteiger partial charge in [0.25, 0.3) is 0 Å². The number of rotatable bonds is 7. The Kier molecular flexibility index (Phi) is 5.78. The zero-order valence-corrected chi connectivity index (χ0v) is 14.8. The zero-order valence-electron chi connectivity index (χ0n) is 14.8. The number of nitrogens with one attached hydrogen (secondary N) is 1. The number of carbonyl (C=O) groups is 1. The van der Waals surface area contributed by atoms with Crippen molar-refractivity contribution in [3.8, 4) is 5.75 Å². The van der Waals surface area contributed by atoms with Crippen LogP contribution in [-0.4, -0.2) is 28.0 Å². The van der Waals surface area contributed by atoms with Gasteiger partial charge in [-0.3, -0.25) is 4.79 Å². The van der Waals surface area contributed by atoms with E-state index in [1.54, 1.807) is 13.2 Å². The van der Waals surface area contributed by atoms with Gasteiger partial charge in [0.15, 0.2) is 12.4 Å². The second-order valence-corrected chi connectivity index (χ2v) is 5.57. The fraction of sp³-hybridized carbons (Fsp3) is 0.158. The molecule has 138 valence electrons. The van der Waals surface area contributed by atoms with Gasteiger partial charge >= 0.3 is 5.97 Å². The monoisotopic (exact) mass is 365 g/mol. The third kappa shape index (κ3) is 5.15. The Morgan fingerprint density at radius 3 is 2.56 bits per heavy atom. The van der Waals surface area contributed by atoms with Gasteiger partial charge in [0, 0.05) is 11.3 Å². The molecule has 0 aliphatic heterocycles. The Labute approximate surface area is 156 Å². The molecule has 0 fully saturated rings. The molecule has 1 aromatic heterocycles. The molecule has 0 saturated heterocycles. The molecule has 0 radical (unpaired) electrons. The molecule has 0 bridgehead atoms. The van der Waals surface area contributed by atoms with Crippen molar-refractivity contribution < 1.29 is 14.3 Å². The maximum Gasteiger partial charge on any atom is 0.310 e. The van der Waals surface area contributed by atoms with Gasteiger partial charge in [-0.15, -0.1) is 0 Å². The van der Waals surface area contributed by atoms with Crippen LogP contribution >= 0.6 is 0 Å². The summed E-state index contributed by atoms with van der Waals surface area (Å²) in [5.74, 6) is 0.794. The standard InChI is InChI=1S/C19H19N5O3/c1-26-15-10-6-5-7-13(15)11-17(25)27-12-16-22-18(20)24-19(23-16)21-14-8-3-2-4-9-14/h2-10H,11-12H2,1H3,(H3,20,21,22,23,24). The Morgan fingerprint density at radius 2 is 1.78 bits per heavy atom. The smallest absolute Gasteiger partial charge is 0.310 e. The van der Waals surface area contributed by atoms with Gasteiger partial charge in [-0.1, -0.05) is 36.4 Å². The third-order valence-corrected chi connectivity index (χ3v) is 3.62. The minimum atomic E-state index is -0.420. The molecule has 8 heteroatoms. The number of anilines is 3. The van der Waals surface area contributed by atoms with E-state index >= 15 is 0 Å². The van der Waals surface area contributed by atoms with Crippen LogP contribution in [0.4, 0.5) is 17.6 Å². The van der Waals surface area contributed by atoms with E-state index in [-0.39, 0.29) is 30.7 Å². The van der Waals surface area contributed by atoms with Gasteiger partial charge in [0.05, 0.1) is 13.5 Å². The van der Waals surface area contributed by atoms with Crippen LogP contribution in [0.5, 0.6) is 5.75 Å². The highest BCUT2D eigenvalue weighted by molar-refractivity contribution is 5.73. The molecular weight excluding hydrogens is 346 g/mol. The summed E-state index contributed by atoms with van der Waals surface area (Å²) in [6.45, 7) is -0.107. The molecule has 0 amide bonds. The van der Waals surface area contributed by atoms with Crippen molar-refractivity contribution in [3.05, 3.63) is 66.0 Å². The van der Waals surface area contributed by atoms with Crippen LogP contribution in [0.1, 0.15) is 11.4 Å². The molecular formula is C19H19N5O3. The molecule has 3 rings (SSSR count). The maximum absolute atomic E-state index is 12.1. The lowest BCUT2D eigenvalue weighted by molar-refractivity contribution is -0.144. The quantitative estimate of drug-likeness (QED) is 0.614. The van der Waals surface area contributed by atoms with Gasteiger partial charge in [0.1, 0.15) is 5.75 Å². The van der Waals surface area contributed by atoms with E-state index in [1.807, 2.05) is 48.5 Å². The van der Waals surface area contributed by atoms with E-state index in [0.29, 0.717) is 5.75 Å². The number of para-hydroxylation sites is 2. The van der Waals surface area contributed by atoms with Crippen LogP contribution in [0.25, 0.3) is 0 Å². The van der Waals surface area contributed by atoms with Crippen molar-refractivity contribution in [1.29, 1.82) is 0 Å². The molecule has 3 N–H and O–H groups in total. The number of aromatic nitrogens is 3. The van der Waals surface area contributed by atoms with Crippen molar-refractivity contribution in [3.63, 3.8) is 0 Å². The first kappa shape index (κ1) is 18.1. The average Bonchev–Trinajstić information content (AvgIpc) is 2.67. The normalized spacial score (nSPS) is 10.3. The number of methoxy groups -OCH3 is 1. The molecule has 0 aliphatic carbocycles. The van der Waals surface area contributed by atoms with E-state index in [1.165, 1.54) is 0 Å². The maximum atomic E-state index is 12.1. The lowest BCUT2D eigenvalue weighted by atomic mass is 10.1. The predicted molar refractivity (Wildman–Crippen MR) is 100 cm³/mol. The summed E-state index contributed by atoms with van der Waals surface area (Å²) in [5, 5.41) is 3.03. The Bertz CT molecular complexity index is 918. The molecule has 1 heterocycles. The van der Waals surface area contributed by atoms with E-state index in [0.717, 1.165) is 11.3 Å². The minimum Gasteiger partial charge on any atom is -0.496 e. The van der Waals surface area contributed by atoms with Gasteiger partial charge < -0.3 is 20.5 Å². The molecule has 27 heavy (non-hydrogen) atoms. The molecule has 2 aromatic carbocycles. The molecule has 0 spiro atoms. The molecule has 0 unspecified atom stereocenters. The van der Waals surface area contributed by atoms with E-state index in [4.69, 9.17) is 15.2 Å². The van der Waals surface area contributed by atoms with E-state index < -0.39 is 5.97 Å². The Morgan fingerprint density at radius 1 is 1.04 bits per heavy atom. The zero-order chi connectivity index (χ0) is 19.1. The summed E-state index contributed by atoms with van der Waals surface area (Å²) < 4.78 is 10.5. The second kappa shape index (κ2) is 8.61. The summed E-state index contributed by atoms with van der Waals surface area (Å²) in [6, 6.07) is 16.7. The summed E-state index contributed by atoms with van der Waals surface area (Å²) in [6.07, 6.45) is 0.0830. The number of hydrogen-bond acceptors (Lipinski definition) is 8. The molecule has 8 nitrogen and oxygen atoms in total. The highest BCUT2D eigenvalue weighted by Gasteiger charge is 2.12. The molecule has 0 saturated carbocycles. The van der Waals surface area contributed by atoms with Crippen LogP contribution in [0.3, 0.4) is 0 Å². The molecule has 3 aromatic rings. The van der Waals surface area contributed by atoms with Crippen LogP contribution in [0.15, 0.2) is 54.6 Å². The number of ether oxygens (including phenoxy) is 2. The minimum absolute atomic E-state index is 0.0409. The lowest BCUT2D eigenvalue weighted by Crippen LogP contribution is -2.12. The van der Waals surface area contributed by atoms with Crippen LogP contribution in [0, 0.1) is 0 Å². The highest BCUT2D eigenvalue weighted by atomic mass is 16.5. The number of nitrogens with zero attached hydrogens (tertiary/aromatic N) is 3. The lowest BCUT2D eigenvalue weighted by Gasteiger charge is -2.09. The first-order chi connectivity index (χ1) is 13.1. The number of hydrogen-bond donors (Lipinski definition) is 2. The average molecular weight is 365 g/mol. The molecule has 0 aliphatic rings. The SMILES string of the molecule is COc1ccccc1CC(=O)OCc1nc(N)nc(Nc2ccccc2)n1. The van der Waals surface area contributed by atoms with Gasteiger partial charge in [-0.05, 0) is 18.2 Å². The number of nitrogens with two attached hydrogens (primary N) is 1. The van der Waals surface area contributed by atoms with Gasteiger partial charge in [0.2, 0.25) is 11.9 Å². The van der Waals surface area contributed by atoms with Gasteiger partial charge in [-0.2, -0.15) is 15.0 Å². The first-order valence-electron chi connectivity index (χ1n) is 8.24. The fourth-order valence-corrected chi connectivity index (χ4v) is 2.41. The van der Waals surface area contributed by atoms with E-state index in [9.17, 15) is 4.79 Å². The third-order valence-electron chi connectivity index (χ3n) is 3.62. The van der Waals surface area contributed by atoms with Crippen molar-refractivity contribution in [1.82, 2.24) is 15.0 Å². The number of esters is 1. The molecule has 0 atom stereocenters. The number of nitrogen functional groups attached to an aromatic ring is 1. The second-order valence-electron chi connectivity index (χ2n) is 5.57. The largest absolute Gasteiger partial charge is 0.496 e. The van der Waals surface area contributed by atoms with Crippen LogP contribution in [0.2, 0.25) is 0 Å². The van der Waals surface area contributed by atoms with Gasteiger partial charge in [-0.25, -0.2) is 0 Å². The number of benzene rings is 2. The summed E-state index contributed by atoms with van der Waals surface area (Å²) >= 11 is 0. The summed E-state index contributed by atoms with van der Waals surface area (Å²) in [4.78, 5) is 24.4. The summed E-state index contributed by atoms with van der Waals surface area (Å²) in [5.41, 5.74) is 7.27. The van der Waals surface area contributed by atoms with Crippen LogP contribution in [-0.2, 0) is 22.6 Å². The van der Waals surface area contributed by atoms with Crippen molar-refractivity contribution in [2.75, 3.05) is 18.2 Å². The van der Waals surface area contributed by atoms with Crippen molar-refractivity contribution in [2.24, 2.45) is 0 Å². The number of carbonyl (C=O) groups excluding carboxylic acids is 1. The predicted octanol–water partition coefficient (Wildman–Crippen LogP) is 2.49. The summed E-state index contributed by atoms with van der Waals surface area (Å²) in [7, 11) is 1.55. The Hall–Kier alpha value is -3.68. The van der Waals surface area contributed by atoms with Crippen molar-refractivity contribution in [2.45, 2.75) is 13.0 Å². The fourth-order valence-electron chi connectivity index (χ4n) is 2.41. The van der Waals surface area contributed by atoms with E-state index in [2.05, 4.69) is 20.3 Å². The van der Waals surface area contributed by atoms with Crippen LogP contribution < -0.4 is 15.8 Å². The highest BCUT2D eigenvalue weighted by Crippen LogP contribution is 2.18. The Balaban J connectivity index is 1.62. The van der Waals surface area contributed by atoms with Crippen molar-refractivity contribution >= 4 is 23.6 Å².